The summed E-state index contributed by atoms with van der Waals surface area (Å²) >= 11 is 0. The summed E-state index contributed by atoms with van der Waals surface area (Å²) in [5.74, 6) is -1.79. The summed E-state index contributed by atoms with van der Waals surface area (Å²) in [5, 5.41) is 10.1. The van der Waals surface area contributed by atoms with E-state index in [0.717, 1.165) is 12.1 Å². The number of nitrogens with zero attached hydrogens (tertiary/aromatic N) is 3. The molecule has 0 atom stereocenters. The Hall–Kier alpha value is -3.50. The number of para-hydroxylation sites is 1. The number of rotatable bonds is 5. The van der Waals surface area contributed by atoms with Crippen molar-refractivity contribution in [2.45, 2.75) is 13.5 Å². The highest BCUT2D eigenvalue weighted by atomic mass is 32.2. The molecular formula is C20H16FN3O5S. The number of aliphatic carboxylic acids is 1. The Bertz CT molecular complexity index is 1410. The summed E-state index contributed by atoms with van der Waals surface area (Å²) in [6.07, 6.45) is 1.48. The number of carboxylic acid groups (broad SMARTS) is 1. The minimum atomic E-state index is -4.89. The average molecular weight is 429 g/mol. The highest BCUT2D eigenvalue weighted by Crippen LogP contribution is 2.41. The molecule has 0 aliphatic heterocycles. The summed E-state index contributed by atoms with van der Waals surface area (Å²) in [5.41, 5.74) is 0.841. The molecule has 4 aromatic rings. The third kappa shape index (κ3) is 3.25. The number of halogens is 1. The number of carbonyl (C=O) groups is 1. The van der Waals surface area contributed by atoms with Gasteiger partial charge in [-0.3, -0.25) is 14.3 Å². The maximum absolute atomic E-state index is 14.1. The van der Waals surface area contributed by atoms with E-state index in [1.165, 1.54) is 29.8 Å². The molecule has 0 radical (unpaired) electrons. The van der Waals surface area contributed by atoms with Crippen molar-refractivity contribution in [1.29, 1.82) is 0 Å². The zero-order valence-corrected chi connectivity index (χ0v) is 16.5. The highest BCUT2D eigenvalue weighted by Gasteiger charge is 2.31. The molecule has 4 rings (SSSR count). The van der Waals surface area contributed by atoms with Crippen LogP contribution in [0.4, 0.5) is 15.8 Å². The molecule has 0 bridgehead atoms. The van der Waals surface area contributed by atoms with Crippen molar-refractivity contribution in [3.8, 4) is 0 Å². The van der Waals surface area contributed by atoms with Gasteiger partial charge >= 0.3 is 16.3 Å². The van der Waals surface area contributed by atoms with E-state index in [1.54, 1.807) is 24.3 Å². The number of fused-ring (bicyclic) bond motifs is 2. The van der Waals surface area contributed by atoms with Gasteiger partial charge in [-0.2, -0.15) is 8.42 Å². The fourth-order valence-corrected chi connectivity index (χ4v) is 4.50. The van der Waals surface area contributed by atoms with Gasteiger partial charge in [0.2, 0.25) is 0 Å². The van der Waals surface area contributed by atoms with Crippen LogP contribution in [0.3, 0.4) is 0 Å². The lowest BCUT2D eigenvalue weighted by Crippen LogP contribution is -2.26. The van der Waals surface area contributed by atoms with Gasteiger partial charge in [0, 0.05) is 22.7 Å². The molecular weight excluding hydrogens is 413 g/mol. The first-order valence-electron chi connectivity index (χ1n) is 8.80. The minimum Gasteiger partial charge on any atom is -0.480 e. The van der Waals surface area contributed by atoms with Gasteiger partial charge in [0.15, 0.2) is 0 Å². The summed E-state index contributed by atoms with van der Waals surface area (Å²) in [7, 11) is -4.89. The largest absolute Gasteiger partial charge is 0.480 e. The number of aromatic nitrogens is 2. The smallest absolute Gasteiger partial charge is 0.364 e. The zero-order valence-electron chi connectivity index (χ0n) is 15.7. The molecule has 10 heteroatoms. The number of anilines is 2. The van der Waals surface area contributed by atoms with Crippen LogP contribution in [0.25, 0.3) is 21.8 Å². The Morgan fingerprint density at radius 1 is 1.20 bits per heavy atom. The van der Waals surface area contributed by atoms with Crippen molar-refractivity contribution in [2.24, 2.45) is 0 Å². The summed E-state index contributed by atoms with van der Waals surface area (Å²) in [4.78, 5) is 15.6. The van der Waals surface area contributed by atoms with Crippen LogP contribution < -0.4 is 4.31 Å². The van der Waals surface area contributed by atoms with Gasteiger partial charge in [0.1, 0.15) is 12.4 Å². The van der Waals surface area contributed by atoms with Crippen LogP contribution in [0, 0.1) is 12.7 Å². The number of pyridine rings is 1. The molecule has 0 saturated heterocycles. The van der Waals surface area contributed by atoms with E-state index < -0.39 is 28.6 Å². The Balaban J connectivity index is 2.13. The Morgan fingerprint density at radius 3 is 2.63 bits per heavy atom. The Morgan fingerprint density at radius 2 is 1.93 bits per heavy atom. The molecule has 2 N–H and O–H groups in total. The van der Waals surface area contributed by atoms with Crippen molar-refractivity contribution >= 4 is 49.5 Å². The molecule has 154 valence electrons. The molecule has 2 heterocycles. The second kappa shape index (κ2) is 7.08. The molecule has 0 spiro atoms. The van der Waals surface area contributed by atoms with E-state index in [1.807, 2.05) is 0 Å². The Labute approximate surface area is 170 Å². The average Bonchev–Trinajstić information content (AvgIpc) is 2.92. The molecule has 0 aliphatic carbocycles. The first-order chi connectivity index (χ1) is 14.2. The quantitative estimate of drug-likeness (QED) is 0.468. The van der Waals surface area contributed by atoms with Crippen LogP contribution >= 0.6 is 0 Å². The van der Waals surface area contributed by atoms with Gasteiger partial charge in [0.25, 0.3) is 0 Å². The lowest BCUT2D eigenvalue weighted by atomic mass is 10.1. The van der Waals surface area contributed by atoms with E-state index in [9.17, 15) is 27.3 Å². The fraction of sp³-hybridized carbons (Fsp3) is 0.100. The zero-order chi connectivity index (χ0) is 21.6. The van der Waals surface area contributed by atoms with E-state index in [-0.39, 0.29) is 22.5 Å². The first kappa shape index (κ1) is 19.8. The predicted octanol–water partition coefficient (Wildman–Crippen LogP) is 3.66. The van der Waals surface area contributed by atoms with E-state index in [0.29, 0.717) is 20.7 Å². The van der Waals surface area contributed by atoms with Crippen LogP contribution in [-0.2, 0) is 21.6 Å². The molecule has 2 aromatic carbocycles. The molecule has 8 nitrogen and oxygen atoms in total. The van der Waals surface area contributed by atoms with Crippen molar-refractivity contribution in [3.05, 3.63) is 66.2 Å². The summed E-state index contributed by atoms with van der Waals surface area (Å²) in [6, 6.07) is 11.8. The van der Waals surface area contributed by atoms with E-state index in [2.05, 4.69) is 4.98 Å². The van der Waals surface area contributed by atoms with Crippen LogP contribution in [-0.4, -0.2) is 33.6 Å². The SMILES string of the molecule is Cc1c(N(c2cccc3cccnc23)S(=O)(=O)O)c2cc(F)ccc2n1CC(=O)O. The highest BCUT2D eigenvalue weighted by molar-refractivity contribution is 7.87. The van der Waals surface area contributed by atoms with Crippen LogP contribution in [0.15, 0.2) is 54.7 Å². The number of carboxylic acids is 1. The van der Waals surface area contributed by atoms with Crippen molar-refractivity contribution < 1.29 is 27.3 Å². The predicted molar refractivity (Wildman–Crippen MR) is 110 cm³/mol. The molecule has 0 aliphatic rings. The number of hydrogen-bond acceptors (Lipinski definition) is 4. The van der Waals surface area contributed by atoms with Crippen LogP contribution in [0.1, 0.15) is 5.69 Å². The molecule has 30 heavy (non-hydrogen) atoms. The topological polar surface area (TPSA) is 113 Å². The molecule has 0 saturated carbocycles. The van der Waals surface area contributed by atoms with Gasteiger partial charge in [-0.25, -0.2) is 8.70 Å². The first-order valence-corrected chi connectivity index (χ1v) is 10.2. The molecule has 0 unspecified atom stereocenters. The van der Waals surface area contributed by atoms with Gasteiger partial charge in [-0.05, 0) is 37.3 Å². The summed E-state index contributed by atoms with van der Waals surface area (Å²) in [6.45, 7) is 1.04. The monoisotopic (exact) mass is 429 g/mol. The standard InChI is InChI=1S/C20H16FN3O5S/c1-12-20(15-10-14(21)7-8-16(15)23(12)11-18(25)26)24(30(27,28)29)17-6-2-4-13-5-3-9-22-19(13)17/h2-10H,11H2,1H3,(H,25,26)(H,27,28,29). The normalized spacial score (nSPS) is 11.8. The number of hydrogen-bond donors (Lipinski definition) is 2. The second-order valence-electron chi connectivity index (χ2n) is 6.67. The van der Waals surface area contributed by atoms with Gasteiger partial charge < -0.3 is 9.67 Å². The van der Waals surface area contributed by atoms with E-state index in [4.69, 9.17) is 0 Å². The summed E-state index contributed by atoms with van der Waals surface area (Å²) < 4.78 is 51.3. The maximum Gasteiger partial charge on any atom is 0.364 e. The van der Waals surface area contributed by atoms with Crippen LogP contribution in [0.2, 0.25) is 0 Å². The minimum absolute atomic E-state index is 0.0496. The van der Waals surface area contributed by atoms with Gasteiger partial charge in [-0.15, -0.1) is 0 Å². The fourth-order valence-electron chi connectivity index (χ4n) is 3.64. The Kier molecular flexibility index (Phi) is 4.67. The molecule has 0 fully saturated rings. The van der Waals surface area contributed by atoms with Gasteiger partial charge in [0.05, 0.1) is 22.4 Å². The number of benzene rings is 2. The van der Waals surface area contributed by atoms with Crippen molar-refractivity contribution in [2.75, 3.05) is 4.31 Å². The van der Waals surface area contributed by atoms with Crippen molar-refractivity contribution in [1.82, 2.24) is 9.55 Å². The van der Waals surface area contributed by atoms with E-state index >= 15 is 0 Å². The van der Waals surface area contributed by atoms with Gasteiger partial charge in [-0.1, -0.05) is 18.2 Å². The lowest BCUT2D eigenvalue weighted by Gasteiger charge is -2.22. The van der Waals surface area contributed by atoms with Crippen LogP contribution in [0.5, 0.6) is 0 Å². The van der Waals surface area contributed by atoms with Crippen molar-refractivity contribution in [3.63, 3.8) is 0 Å². The lowest BCUT2D eigenvalue weighted by molar-refractivity contribution is -0.137. The maximum atomic E-state index is 14.1. The third-order valence-electron chi connectivity index (χ3n) is 4.81. The molecule has 2 aromatic heterocycles. The molecule has 0 amide bonds. The third-order valence-corrected chi connectivity index (χ3v) is 5.65. The second-order valence-corrected chi connectivity index (χ2v) is 7.93.